The van der Waals surface area contributed by atoms with E-state index in [1.807, 2.05) is 0 Å². The van der Waals surface area contributed by atoms with Crippen LogP contribution in [0.4, 0.5) is 4.39 Å². The molecule has 1 aromatic carbocycles. The molecule has 0 aromatic heterocycles. The second-order valence-electron chi connectivity index (χ2n) is 5.87. The number of halogens is 2. The van der Waals surface area contributed by atoms with Crippen molar-refractivity contribution in [2.75, 3.05) is 13.1 Å². The van der Waals surface area contributed by atoms with E-state index in [4.69, 9.17) is 11.6 Å². The maximum atomic E-state index is 13.6. The minimum atomic E-state index is -0.172. The molecular formula is C17H25ClFN. The average Bonchev–Trinajstić information content (AvgIpc) is 2.67. The lowest BCUT2D eigenvalue weighted by molar-refractivity contribution is 0.375. The van der Waals surface area contributed by atoms with Gasteiger partial charge in [0.1, 0.15) is 5.82 Å². The fraction of sp³-hybridized carbons (Fsp3) is 0.647. The van der Waals surface area contributed by atoms with Gasteiger partial charge in [-0.15, -0.1) is 0 Å². The summed E-state index contributed by atoms with van der Waals surface area (Å²) in [7, 11) is 0. The summed E-state index contributed by atoms with van der Waals surface area (Å²) < 4.78 is 13.6. The van der Waals surface area contributed by atoms with E-state index in [1.165, 1.54) is 31.7 Å². The Kier molecular flexibility index (Phi) is 6.31. The van der Waals surface area contributed by atoms with Crippen LogP contribution >= 0.6 is 11.6 Å². The molecule has 1 aliphatic carbocycles. The average molecular weight is 298 g/mol. The van der Waals surface area contributed by atoms with Crippen molar-refractivity contribution in [3.05, 3.63) is 34.6 Å². The van der Waals surface area contributed by atoms with Gasteiger partial charge in [-0.1, -0.05) is 37.8 Å². The molecule has 3 heteroatoms. The van der Waals surface area contributed by atoms with Crippen molar-refractivity contribution >= 4 is 11.6 Å². The molecule has 20 heavy (non-hydrogen) atoms. The Morgan fingerprint density at radius 2 is 2.05 bits per heavy atom. The summed E-state index contributed by atoms with van der Waals surface area (Å²) in [6, 6.07) is 4.80. The number of benzene rings is 1. The highest BCUT2D eigenvalue weighted by Gasteiger charge is 2.26. The van der Waals surface area contributed by atoms with Crippen molar-refractivity contribution in [3.63, 3.8) is 0 Å². The first kappa shape index (κ1) is 15.8. The van der Waals surface area contributed by atoms with Gasteiger partial charge in [-0.2, -0.15) is 0 Å². The van der Waals surface area contributed by atoms with E-state index >= 15 is 0 Å². The zero-order valence-corrected chi connectivity index (χ0v) is 13.1. The van der Waals surface area contributed by atoms with E-state index < -0.39 is 0 Å². The van der Waals surface area contributed by atoms with Gasteiger partial charge in [0.25, 0.3) is 0 Å². The Labute approximate surface area is 126 Å². The molecule has 0 bridgehead atoms. The van der Waals surface area contributed by atoms with Crippen LogP contribution in [-0.4, -0.2) is 13.1 Å². The van der Waals surface area contributed by atoms with Crippen molar-refractivity contribution in [1.82, 2.24) is 5.32 Å². The lowest BCUT2D eigenvalue weighted by atomic mass is 9.82. The molecule has 0 aliphatic heterocycles. The van der Waals surface area contributed by atoms with Gasteiger partial charge in [0.05, 0.1) is 0 Å². The standard InChI is InChI=1S/C17H25ClFN/c1-2-10-20-12-13-6-4-3-5-7-15(13)16-11-14(19)8-9-17(16)18/h8-9,11,13,15,20H,2-7,10,12H2,1H3. The van der Waals surface area contributed by atoms with Crippen molar-refractivity contribution in [3.8, 4) is 0 Å². The Morgan fingerprint density at radius 3 is 2.85 bits per heavy atom. The predicted molar refractivity (Wildman–Crippen MR) is 83.9 cm³/mol. The fourth-order valence-corrected chi connectivity index (χ4v) is 3.56. The van der Waals surface area contributed by atoms with Gasteiger partial charge in [-0.3, -0.25) is 0 Å². The molecule has 0 amide bonds. The minimum Gasteiger partial charge on any atom is -0.316 e. The molecule has 2 atom stereocenters. The molecule has 0 saturated heterocycles. The monoisotopic (exact) mass is 297 g/mol. The summed E-state index contributed by atoms with van der Waals surface area (Å²) in [5, 5.41) is 4.25. The van der Waals surface area contributed by atoms with Crippen molar-refractivity contribution in [2.45, 2.75) is 51.4 Å². The van der Waals surface area contributed by atoms with E-state index in [2.05, 4.69) is 12.2 Å². The fourth-order valence-electron chi connectivity index (χ4n) is 3.30. The van der Waals surface area contributed by atoms with Crippen molar-refractivity contribution in [2.24, 2.45) is 5.92 Å². The molecule has 0 spiro atoms. The first-order chi connectivity index (χ1) is 9.72. The lowest BCUT2D eigenvalue weighted by Crippen LogP contribution is -2.27. The van der Waals surface area contributed by atoms with Crippen LogP contribution in [0.3, 0.4) is 0 Å². The van der Waals surface area contributed by atoms with Gasteiger partial charge in [0.2, 0.25) is 0 Å². The molecule has 1 aliphatic rings. The Hall–Kier alpha value is -0.600. The normalized spacial score (nSPS) is 23.6. The Balaban J connectivity index is 2.16. The smallest absolute Gasteiger partial charge is 0.123 e. The second kappa shape index (κ2) is 7.99. The zero-order valence-electron chi connectivity index (χ0n) is 12.3. The minimum absolute atomic E-state index is 0.172. The maximum absolute atomic E-state index is 13.6. The summed E-state index contributed by atoms with van der Waals surface area (Å²) in [6.45, 7) is 4.26. The number of hydrogen-bond acceptors (Lipinski definition) is 1. The SMILES string of the molecule is CCCNCC1CCCCCC1c1cc(F)ccc1Cl. The summed E-state index contributed by atoms with van der Waals surface area (Å²) in [5.74, 6) is 0.794. The first-order valence-corrected chi connectivity index (χ1v) is 8.25. The molecule has 1 nitrogen and oxygen atoms in total. The van der Waals surface area contributed by atoms with E-state index in [9.17, 15) is 4.39 Å². The highest BCUT2D eigenvalue weighted by atomic mass is 35.5. The van der Waals surface area contributed by atoms with Gasteiger partial charge in [-0.05, 0) is 68.0 Å². The van der Waals surface area contributed by atoms with Crippen molar-refractivity contribution in [1.29, 1.82) is 0 Å². The molecule has 1 aromatic rings. The summed E-state index contributed by atoms with van der Waals surface area (Å²) >= 11 is 6.32. The highest BCUT2D eigenvalue weighted by Crippen LogP contribution is 2.39. The number of hydrogen-bond donors (Lipinski definition) is 1. The van der Waals surface area contributed by atoms with E-state index in [0.29, 0.717) is 11.8 Å². The Bertz CT molecular complexity index is 421. The van der Waals surface area contributed by atoms with E-state index in [0.717, 1.165) is 36.5 Å². The van der Waals surface area contributed by atoms with Crippen LogP contribution in [0, 0.1) is 11.7 Å². The molecule has 1 saturated carbocycles. The van der Waals surface area contributed by atoms with Crippen LogP contribution in [0.5, 0.6) is 0 Å². The summed E-state index contributed by atoms with van der Waals surface area (Å²) in [6.07, 6.45) is 7.28. The predicted octanol–water partition coefficient (Wildman–Crippen LogP) is 5.14. The summed E-state index contributed by atoms with van der Waals surface area (Å²) in [5.41, 5.74) is 1.01. The van der Waals surface area contributed by atoms with Gasteiger partial charge in [0, 0.05) is 5.02 Å². The maximum Gasteiger partial charge on any atom is 0.123 e. The highest BCUT2D eigenvalue weighted by molar-refractivity contribution is 6.31. The van der Waals surface area contributed by atoms with E-state index in [-0.39, 0.29) is 5.82 Å². The zero-order chi connectivity index (χ0) is 14.4. The molecule has 2 rings (SSSR count). The first-order valence-electron chi connectivity index (χ1n) is 7.88. The largest absolute Gasteiger partial charge is 0.316 e. The third-order valence-electron chi connectivity index (χ3n) is 4.35. The third kappa shape index (κ3) is 4.20. The third-order valence-corrected chi connectivity index (χ3v) is 4.69. The molecule has 0 radical (unpaired) electrons. The van der Waals surface area contributed by atoms with Gasteiger partial charge in [0.15, 0.2) is 0 Å². The number of rotatable bonds is 5. The topological polar surface area (TPSA) is 12.0 Å². The quantitative estimate of drug-likeness (QED) is 0.586. The molecular weight excluding hydrogens is 273 g/mol. The molecule has 2 unspecified atom stereocenters. The van der Waals surface area contributed by atoms with Crippen LogP contribution < -0.4 is 5.32 Å². The van der Waals surface area contributed by atoms with E-state index in [1.54, 1.807) is 12.1 Å². The van der Waals surface area contributed by atoms with Crippen LogP contribution in [0.1, 0.15) is 56.9 Å². The second-order valence-corrected chi connectivity index (χ2v) is 6.28. The number of nitrogens with one attached hydrogen (secondary N) is 1. The van der Waals surface area contributed by atoms with Crippen LogP contribution in [-0.2, 0) is 0 Å². The van der Waals surface area contributed by atoms with Crippen LogP contribution in [0.2, 0.25) is 5.02 Å². The molecule has 1 N–H and O–H groups in total. The lowest BCUT2D eigenvalue weighted by Gasteiger charge is -2.27. The molecule has 112 valence electrons. The summed E-state index contributed by atoms with van der Waals surface area (Å²) in [4.78, 5) is 0. The Morgan fingerprint density at radius 1 is 1.25 bits per heavy atom. The molecule has 1 fully saturated rings. The molecule has 0 heterocycles. The van der Waals surface area contributed by atoms with Crippen LogP contribution in [0.15, 0.2) is 18.2 Å². The van der Waals surface area contributed by atoms with Gasteiger partial charge >= 0.3 is 0 Å². The van der Waals surface area contributed by atoms with Crippen LogP contribution in [0.25, 0.3) is 0 Å². The van der Waals surface area contributed by atoms with Crippen molar-refractivity contribution < 1.29 is 4.39 Å². The van der Waals surface area contributed by atoms with Gasteiger partial charge < -0.3 is 5.32 Å². The van der Waals surface area contributed by atoms with Gasteiger partial charge in [-0.25, -0.2) is 4.39 Å².